The molecule has 0 radical (unpaired) electrons. The second-order valence-electron chi connectivity index (χ2n) is 4.02. The Morgan fingerprint density at radius 2 is 2.05 bits per heavy atom. The van der Waals surface area contributed by atoms with Gasteiger partial charge in [0, 0.05) is 5.02 Å². The van der Waals surface area contributed by atoms with Crippen LogP contribution in [-0.4, -0.2) is 25.3 Å². The molecular formula is C14H14ClN3O3. The molecule has 0 aliphatic rings. The van der Waals surface area contributed by atoms with E-state index in [1.54, 1.807) is 37.4 Å². The zero-order chi connectivity index (χ0) is 15.2. The lowest BCUT2D eigenvalue weighted by molar-refractivity contribution is 0.187. The van der Waals surface area contributed by atoms with Gasteiger partial charge in [0.2, 0.25) is 0 Å². The topological polar surface area (TPSA) is 72.5 Å². The van der Waals surface area contributed by atoms with E-state index in [2.05, 4.69) is 20.4 Å². The molecule has 1 heterocycles. The van der Waals surface area contributed by atoms with Gasteiger partial charge in [-0.1, -0.05) is 11.6 Å². The van der Waals surface area contributed by atoms with Gasteiger partial charge in [-0.05, 0) is 30.3 Å². The predicted molar refractivity (Wildman–Crippen MR) is 81.6 cm³/mol. The number of hydrogen-bond acceptors (Lipinski definition) is 5. The lowest BCUT2D eigenvalue weighted by Gasteiger charge is -2.11. The summed E-state index contributed by atoms with van der Waals surface area (Å²) in [4.78, 5) is 15.3. The molecule has 1 aromatic heterocycles. The van der Waals surface area contributed by atoms with Crippen LogP contribution in [-0.2, 0) is 4.74 Å². The third-order valence-corrected chi connectivity index (χ3v) is 2.85. The van der Waals surface area contributed by atoms with Crippen molar-refractivity contribution in [3.8, 4) is 5.75 Å². The van der Waals surface area contributed by atoms with Crippen molar-refractivity contribution in [2.24, 2.45) is 0 Å². The van der Waals surface area contributed by atoms with Crippen LogP contribution in [0.4, 0.5) is 22.0 Å². The van der Waals surface area contributed by atoms with Crippen molar-refractivity contribution in [3.05, 3.63) is 41.6 Å². The van der Waals surface area contributed by atoms with Crippen LogP contribution in [0.1, 0.15) is 0 Å². The Labute approximate surface area is 127 Å². The molecule has 0 unspecified atom stereocenters. The number of aromatic nitrogens is 1. The Morgan fingerprint density at radius 3 is 2.67 bits per heavy atom. The maximum atomic E-state index is 11.1. The molecule has 0 saturated heterocycles. The standard InChI is InChI=1S/C14H14ClN3O3/c1-20-12-5-3-9(15)7-11(12)18-13-6-4-10(8-16-13)17-14(19)21-2/h3-8H,1-2H3,(H,16,18)(H,17,19). The molecule has 0 atom stereocenters. The van der Waals surface area contributed by atoms with Crippen molar-refractivity contribution in [1.29, 1.82) is 0 Å². The van der Waals surface area contributed by atoms with E-state index in [0.29, 0.717) is 28.0 Å². The summed E-state index contributed by atoms with van der Waals surface area (Å²) in [6.07, 6.45) is 0.963. The molecule has 1 aromatic carbocycles. The SMILES string of the molecule is COC(=O)Nc1ccc(Nc2cc(Cl)ccc2OC)nc1. The highest BCUT2D eigenvalue weighted by Crippen LogP contribution is 2.30. The molecular weight excluding hydrogens is 294 g/mol. The maximum absolute atomic E-state index is 11.1. The molecule has 21 heavy (non-hydrogen) atoms. The van der Waals surface area contributed by atoms with E-state index in [4.69, 9.17) is 16.3 Å². The Bertz CT molecular complexity index is 632. The van der Waals surface area contributed by atoms with Crippen molar-refractivity contribution in [3.63, 3.8) is 0 Å². The highest BCUT2D eigenvalue weighted by molar-refractivity contribution is 6.31. The minimum absolute atomic E-state index is 0.533. The summed E-state index contributed by atoms with van der Waals surface area (Å²) in [6.45, 7) is 0. The lowest BCUT2D eigenvalue weighted by Crippen LogP contribution is -2.11. The minimum Gasteiger partial charge on any atom is -0.495 e. The third kappa shape index (κ3) is 4.00. The summed E-state index contributed by atoms with van der Waals surface area (Å²) in [5.74, 6) is 1.24. The van der Waals surface area contributed by atoms with Gasteiger partial charge in [0.05, 0.1) is 31.8 Å². The number of benzene rings is 1. The average Bonchev–Trinajstić information content (AvgIpc) is 2.49. The number of halogens is 1. The van der Waals surface area contributed by atoms with Crippen LogP contribution < -0.4 is 15.4 Å². The number of anilines is 3. The molecule has 1 amide bonds. The zero-order valence-electron chi connectivity index (χ0n) is 11.5. The van der Waals surface area contributed by atoms with E-state index in [0.717, 1.165) is 0 Å². The normalized spacial score (nSPS) is 9.86. The Morgan fingerprint density at radius 1 is 1.24 bits per heavy atom. The molecule has 7 heteroatoms. The van der Waals surface area contributed by atoms with Crippen molar-refractivity contribution < 1.29 is 14.3 Å². The molecule has 0 aliphatic heterocycles. The van der Waals surface area contributed by atoms with Crippen molar-refractivity contribution in [2.45, 2.75) is 0 Å². The van der Waals surface area contributed by atoms with E-state index in [-0.39, 0.29) is 0 Å². The number of methoxy groups -OCH3 is 2. The number of nitrogens with zero attached hydrogens (tertiary/aromatic N) is 1. The fourth-order valence-electron chi connectivity index (χ4n) is 1.63. The number of nitrogens with one attached hydrogen (secondary N) is 2. The fourth-order valence-corrected chi connectivity index (χ4v) is 1.80. The van der Waals surface area contributed by atoms with E-state index in [1.807, 2.05) is 0 Å². The Hall–Kier alpha value is -2.47. The summed E-state index contributed by atoms with van der Waals surface area (Å²) in [6, 6.07) is 8.65. The minimum atomic E-state index is -0.547. The van der Waals surface area contributed by atoms with Gasteiger partial charge < -0.3 is 14.8 Å². The molecule has 2 N–H and O–H groups in total. The number of hydrogen-bond donors (Lipinski definition) is 2. The van der Waals surface area contributed by atoms with Crippen LogP contribution in [0.5, 0.6) is 5.75 Å². The smallest absolute Gasteiger partial charge is 0.411 e. The van der Waals surface area contributed by atoms with Gasteiger partial charge in [0.1, 0.15) is 11.6 Å². The van der Waals surface area contributed by atoms with Crippen LogP contribution in [0.15, 0.2) is 36.5 Å². The highest BCUT2D eigenvalue weighted by Gasteiger charge is 2.06. The lowest BCUT2D eigenvalue weighted by atomic mass is 10.3. The zero-order valence-corrected chi connectivity index (χ0v) is 12.3. The first-order valence-corrected chi connectivity index (χ1v) is 6.42. The van der Waals surface area contributed by atoms with Crippen LogP contribution >= 0.6 is 11.6 Å². The Balaban J connectivity index is 2.13. The molecule has 0 bridgehead atoms. The molecule has 110 valence electrons. The van der Waals surface area contributed by atoms with E-state index in [1.165, 1.54) is 13.3 Å². The summed E-state index contributed by atoms with van der Waals surface area (Å²) < 4.78 is 9.74. The summed E-state index contributed by atoms with van der Waals surface area (Å²) in [5.41, 5.74) is 1.23. The van der Waals surface area contributed by atoms with Crippen molar-refractivity contribution in [2.75, 3.05) is 24.9 Å². The number of carbonyl (C=O) groups is 1. The van der Waals surface area contributed by atoms with Gasteiger partial charge in [-0.25, -0.2) is 9.78 Å². The van der Waals surface area contributed by atoms with Crippen molar-refractivity contribution >= 4 is 34.9 Å². The van der Waals surface area contributed by atoms with Gasteiger partial charge >= 0.3 is 6.09 Å². The molecule has 2 aromatic rings. The molecule has 0 fully saturated rings. The van der Waals surface area contributed by atoms with Crippen LogP contribution in [0.2, 0.25) is 5.02 Å². The van der Waals surface area contributed by atoms with E-state index >= 15 is 0 Å². The van der Waals surface area contributed by atoms with Gasteiger partial charge in [-0.15, -0.1) is 0 Å². The largest absolute Gasteiger partial charge is 0.495 e. The first-order valence-electron chi connectivity index (χ1n) is 6.04. The van der Waals surface area contributed by atoms with Gasteiger partial charge in [0.15, 0.2) is 0 Å². The van der Waals surface area contributed by atoms with Gasteiger partial charge in [0.25, 0.3) is 0 Å². The summed E-state index contributed by atoms with van der Waals surface area (Å²) in [5, 5.41) is 6.20. The molecule has 0 aliphatic carbocycles. The second kappa shape index (κ2) is 6.81. The predicted octanol–water partition coefficient (Wildman–Crippen LogP) is 3.67. The monoisotopic (exact) mass is 307 g/mol. The maximum Gasteiger partial charge on any atom is 0.411 e. The second-order valence-corrected chi connectivity index (χ2v) is 4.45. The van der Waals surface area contributed by atoms with Crippen LogP contribution in [0.25, 0.3) is 0 Å². The summed E-state index contributed by atoms with van der Waals surface area (Å²) >= 11 is 5.96. The first kappa shape index (κ1) is 14.9. The number of pyridine rings is 1. The number of rotatable bonds is 4. The molecule has 0 spiro atoms. The van der Waals surface area contributed by atoms with E-state index < -0.39 is 6.09 Å². The first-order chi connectivity index (χ1) is 10.1. The molecule has 2 rings (SSSR count). The number of ether oxygens (including phenoxy) is 2. The molecule has 0 saturated carbocycles. The quantitative estimate of drug-likeness (QED) is 0.901. The number of carbonyl (C=O) groups excluding carboxylic acids is 1. The van der Waals surface area contributed by atoms with Crippen molar-refractivity contribution in [1.82, 2.24) is 4.98 Å². The third-order valence-electron chi connectivity index (χ3n) is 2.62. The van der Waals surface area contributed by atoms with Crippen LogP contribution in [0, 0.1) is 0 Å². The highest BCUT2D eigenvalue weighted by atomic mass is 35.5. The summed E-state index contributed by atoms with van der Waals surface area (Å²) in [7, 11) is 2.87. The number of amides is 1. The van der Waals surface area contributed by atoms with Gasteiger partial charge in [-0.2, -0.15) is 0 Å². The fraction of sp³-hybridized carbons (Fsp3) is 0.143. The van der Waals surface area contributed by atoms with E-state index in [9.17, 15) is 4.79 Å². The van der Waals surface area contributed by atoms with Gasteiger partial charge in [-0.3, -0.25) is 5.32 Å². The molecule has 6 nitrogen and oxygen atoms in total. The van der Waals surface area contributed by atoms with Crippen LogP contribution in [0.3, 0.4) is 0 Å². The average molecular weight is 308 g/mol. The Kier molecular flexibility index (Phi) is 4.84.